The van der Waals surface area contributed by atoms with Crippen LogP contribution in [0.15, 0.2) is 60.9 Å². The van der Waals surface area contributed by atoms with Gasteiger partial charge in [-0.15, -0.1) is 0 Å². The van der Waals surface area contributed by atoms with Gasteiger partial charge in [0.2, 0.25) is 0 Å². The Labute approximate surface area is 138 Å². The number of halogens is 2. The van der Waals surface area contributed by atoms with E-state index in [0.29, 0.717) is 5.69 Å². The van der Waals surface area contributed by atoms with Crippen molar-refractivity contribution in [1.82, 2.24) is 4.98 Å². The minimum absolute atomic E-state index is 0.0193. The van der Waals surface area contributed by atoms with Gasteiger partial charge in [0.25, 0.3) is 0 Å². The molecule has 0 saturated heterocycles. The van der Waals surface area contributed by atoms with Crippen molar-refractivity contribution in [2.75, 3.05) is 5.32 Å². The lowest BCUT2D eigenvalue weighted by molar-refractivity contribution is 0.282. The molecule has 0 spiro atoms. The van der Waals surface area contributed by atoms with Crippen molar-refractivity contribution in [3.05, 3.63) is 77.3 Å². The van der Waals surface area contributed by atoms with Gasteiger partial charge in [0.15, 0.2) is 0 Å². The molecule has 0 bridgehead atoms. The first-order valence-corrected chi connectivity index (χ1v) is 7.41. The Kier molecular flexibility index (Phi) is 4.55. The SMILES string of the molecule is OCc1ccc(-c2cncc(Nc3ccc(F)c(Cl)c3)c2)cc1. The van der Waals surface area contributed by atoms with Crippen molar-refractivity contribution in [2.24, 2.45) is 0 Å². The standard InChI is InChI=1S/C18H14ClFN2O/c19-17-8-15(5-6-18(17)20)22-16-7-14(9-21-10-16)13-3-1-12(11-23)2-4-13/h1-10,22-23H,11H2. The molecule has 0 fully saturated rings. The molecule has 0 saturated carbocycles. The van der Waals surface area contributed by atoms with Crippen LogP contribution in [0.4, 0.5) is 15.8 Å². The van der Waals surface area contributed by atoms with Gasteiger partial charge >= 0.3 is 0 Å². The van der Waals surface area contributed by atoms with Crippen LogP contribution in [-0.4, -0.2) is 10.1 Å². The van der Waals surface area contributed by atoms with Crippen LogP contribution in [0.25, 0.3) is 11.1 Å². The molecule has 116 valence electrons. The van der Waals surface area contributed by atoms with Crippen LogP contribution in [0.3, 0.4) is 0 Å². The van der Waals surface area contributed by atoms with Crippen LogP contribution < -0.4 is 5.32 Å². The molecule has 1 aromatic heterocycles. The van der Waals surface area contributed by atoms with E-state index in [4.69, 9.17) is 16.7 Å². The number of hydrogen-bond acceptors (Lipinski definition) is 3. The van der Waals surface area contributed by atoms with Crippen molar-refractivity contribution in [2.45, 2.75) is 6.61 Å². The van der Waals surface area contributed by atoms with E-state index in [1.54, 1.807) is 18.5 Å². The lowest BCUT2D eigenvalue weighted by Crippen LogP contribution is -1.93. The van der Waals surface area contributed by atoms with Crippen molar-refractivity contribution in [3.63, 3.8) is 0 Å². The van der Waals surface area contributed by atoms with Gasteiger partial charge in [-0.2, -0.15) is 0 Å². The van der Waals surface area contributed by atoms with E-state index in [9.17, 15) is 4.39 Å². The summed E-state index contributed by atoms with van der Waals surface area (Å²) in [7, 11) is 0. The summed E-state index contributed by atoms with van der Waals surface area (Å²) in [6, 6.07) is 14.0. The summed E-state index contributed by atoms with van der Waals surface area (Å²) in [5.41, 5.74) is 4.25. The molecule has 2 N–H and O–H groups in total. The van der Waals surface area contributed by atoms with Gasteiger partial charge in [0.05, 0.1) is 23.5 Å². The Morgan fingerprint density at radius 2 is 1.74 bits per heavy atom. The summed E-state index contributed by atoms with van der Waals surface area (Å²) < 4.78 is 13.2. The monoisotopic (exact) mass is 328 g/mol. The minimum Gasteiger partial charge on any atom is -0.392 e. The molecule has 1 heterocycles. The molecule has 0 aliphatic rings. The van der Waals surface area contributed by atoms with Crippen molar-refractivity contribution < 1.29 is 9.50 Å². The first-order chi connectivity index (χ1) is 11.2. The second-order valence-corrected chi connectivity index (χ2v) is 5.48. The van der Waals surface area contributed by atoms with Crippen molar-refractivity contribution >= 4 is 23.0 Å². The maximum absolute atomic E-state index is 13.2. The average molecular weight is 329 g/mol. The fourth-order valence-corrected chi connectivity index (χ4v) is 2.39. The Hall–Kier alpha value is -2.43. The second-order valence-electron chi connectivity index (χ2n) is 5.07. The summed E-state index contributed by atoms with van der Waals surface area (Å²) in [6.45, 7) is 0.0193. The predicted molar refractivity (Wildman–Crippen MR) is 90.3 cm³/mol. The first-order valence-electron chi connectivity index (χ1n) is 7.03. The normalized spacial score (nSPS) is 10.6. The average Bonchev–Trinajstić information content (AvgIpc) is 2.58. The van der Waals surface area contributed by atoms with Gasteiger partial charge in [-0.05, 0) is 35.4 Å². The van der Waals surface area contributed by atoms with Gasteiger partial charge < -0.3 is 10.4 Å². The van der Waals surface area contributed by atoms with Crippen LogP contribution in [0.5, 0.6) is 0 Å². The number of nitrogens with one attached hydrogen (secondary N) is 1. The third kappa shape index (κ3) is 3.67. The number of nitrogens with zero attached hydrogens (tertiary/aromatic N) is 1. The predicted octanol–water partition coefficient (Wildman–Crippen LogP) is 4.78. The highest BCUT2D eigenvalue weighted by molar-refractivity contribution is 6.31. The third-order valence-corrected chi connectivity index (χ3v) is 3.71. The van der Waals surface area contributed by atoms with E-state index in [2.05, 4.69) is 10.3 Å². The number of anilines is 2. The Balaban J connectivity index is 1.85. The molecule has 23 heavy (non-hydrogen) atoms. The number of aliphatic hydroxyl groups excluding tert-OH is 1. The first kappa shape index (κ1) is 15.5. The number of pyridine rings is 1. The quantitative estimate of drug-likeness (QED) is 0.724. The van der Waals surface area contributed by atoms with E-state index in [-0.39, 0.29) is 11.6 Å². The molecule has 3 nitrogen and oxygen atoms in total. The largest absolute Gasteiger partial charge is 0.392 e. The van der Waals surface area contributed by atoms with E-state index in [1.165, 1.54) is 12.1 Å². The zero-order valence-corrected chi connectivity index (χ0v) is 12.9. The molecule has 3 rings (SSSR count). The summed E-state index contributed by atoms with van der Waals surface area (Å²) in [6.07, 6.45) is 3.44. The molecule has 0 amide bonds. The Morgan fingerprint density at radius 1 is 0.957 bits per heavy atom. The maximum Gasteiger partial charge on any atom is 0.141 e. The lowest BCUT2D eigenvalue weighted by Gasteiger charge is -2.09. The van der Waals surface area contributed by atoms with Crippen LogP contribution in [-0.2, 0) is 6.61 Å². The second kappa shape index (κ2) is 6.77. The molecule has 0 aliphatic carbocycles. The lowest BCUT2D eigenvalue weighted by atomic mass is 10.1. The minimum atomic E-state index is -0.451. The summed E-state index contributed by atoms with van der Waals surface area (Å²) in [5, 5.41) is 12.3. The fraction of sp³-hybridized carbons (Fsp3) is 0.0556. The molecule has 2 aromatic carbocycles. The van der Waals surface area contributed by atoms with Crippen LogP contribution >= 0.6 is 11.6 Å². The summed E-state index contributed by atoms with van der Waals surface area (Å²) in [4.78, 5) is 4.22. The molecular weight excluding hydrogens is 315 g/mol. The highest BCUT2D eigenvalue weighted by Gasteiger charge is 2.04. The zero-order chi connectivity index (χ0) is 16.2. The topological polar surface area (TPSA) is 45.2 Å². The molecule has 3 aromatic rings. The van der Waals surface area contributed by atoms with E-state index < -0.39 is 5.82 Å². The van der Waals surface area contributed by atoms with Crippen LogP contribution in [0.1, 0.15) is 5.56 Å². The Morgan fingerprint density at radius 3 is 2.43 bits per heavy atom. The van der Waals surface area contributed by atoms with Crippen LogP contribution in [0.2, 0.25) is 5.02 Å². The number of aromatic nitrogens is 1. The van der Waals surface area contributed by atoms with Gasteiger partial charge in [0, 0.05) is 17.4 Å². The Bertz CT molecular complexity index is 822. The molecule has 0 radical (unpaired) electrons. The van der Waals surface area contributed by atoms with Crippen LogP contribution in [0, 0.1) is 5.82 Å². The number of aliphatic hydroxyl groups is 1. The van der Waals surface area contributed by atoms with E-state index in [1.807, 2.05) is 30.3 Å². The molecule has 0 atom stereocenters. The maximum atomic E-state index is 13.2. The van der Waals surface area contributed by atoms with Crippen molar-refractivity contribution in [1.29, 1.82) is 0 Å². The zero-order valence-electron chi connectivity index (χ0n) is 12.1. The fourth-order valence-electron chi connectivity index (χ4n) is 2.21. The van der Waals surface area contributed by atoms with Gasteiger partial charge in [0.1, 0.15) is 5.82 Å². The third-order valence-electron chi connectivity index (χ3n) is 3.42. The molecule has 5 heteroatoms. The van der Waals surface area contributed by atoms with Crippen molar-refractivity contribution in [3.8, 4) is 11.1 Å². The van der Waals surface area contributed by atoms with E-state index in [0.717, 1.165) is 22.4 Å². The van der Waals surface area contributed by atoms with Gasteiger partial charge in [-0.1, -0.05) is 35.9 Å². The smallest absolute Gasteiger partial charge is 0.141 e. The summed E-state index contributed by atoms with van der Waals surface area (Å²) in [5.74, 6) is -0.451. The molecular formula is C18H14ClFN2O. The van der Waals surface area contributed by atoms with E-state index >= 15 is 0 Å². The highest BCUT2D eigenvalue weighted by atomic mass is 35.5. The summed E-state index contributed by atoms with van der Waals surface area (Å²) >= 11 is 5.78. The number of rotatable bonds is 4. The highest BCUT2D eigenvalue weighted by Crippen LogP contribution is 2.26. The van der Waals surface area contributed by atoms with Gasteiger partial charge in [-0.25, -0.2) is 4.39 Å². The molecule has 0 aliphatic heterocycles. The number of hydrogen-bond donors (Lipinski definition) is 2. The molecule has 0 unspecified atom stereocenters. The number of benzene rings is 2. The van der Waals surface area contributed by atoms with Gasteiger partial charge in [-0.3, -0.25) is 4.98 Å².